The van der Waals surface area contributed by atoms with Crippen molar-refractivity contribution in [1.82, 2.24) is 4.90 Å². The van der Waals surface area contributed by atoms with Crippen LogP contribution in [0.25, 0.3) is 0 Å². The van der Waals surface area contributed by atoms with Crippen LogP contribution in [0.4, 0.5) is 0 Å². The van der Waals surface area contributed by atoms with Gasteiger partial charge in [-0.05, 0) is 42.3 Å². The molecule has 196 valence electrons. The standard InChI is InChI=1S/C28H31NO8/c1-17(2)16-36-22-8-5-18(13-23(22)33-3)20(14-25(31)34-4)26-21(30)7-6-19-27(32)24(37-28(19)26)15-29-9-11-35-12-10-29/h5-8,13,15,20,30H,1,9-12,14,16H2,2-4H3/b24-15-/t20-/m0/s1. The van der Waals surface area contributed by atoms with E-state index in [0.717, 1.165) is 5.57 Å². The summed E-state index contributed by atoms with van der Waals surface area (Å²) in [6, 6.07) is 8.22. The molecule has 1 saturated heterocycles. The minimum absolute atomic E-state index is 0.101. The molecular formula is C28H31NO8. The van der Waals surface area contributed by atoms with E-state index >= 15 is 0 Å². The highest BCUT2D eigenvalue weighted by Crippen LogP contribution is 2.47. The molecule has 2 aromatic carbocycles. The molecule has 0 aliphatic carbocycles. The van der Waals surface area contributed by atoms with Crippen molar-refractivity contribution in [2.24, 2.45) is 0 Å². The van der Waals surface area contributed by atoms with E-state index in [1.807, 2.05) is 11.8 Å². The second-order valence-corrected chi connectivity index (χ2v) is 8.94. The molecule has 1 N–H and O–H groups in total. The number of esters is 1. The molecule has 1 atom stereocenters. The summed E-state index contributed by atoms with van der Waals surface area (Å²) in [7, 11) is 2.82. The third kappa shape index (κ3) is 5.72. The van der Waals surface area contributed by atoms with Gasteiger partial charge in [-0.3, -0.25) is 9.59 Å². The Bertz CT molecular complexity index is 1230. The monoisotopic (exact) mass is 509 g/mol. The van der Waals surface area contributed by atoms with Crippen LogP contribution in [0, 0.1) is 0 Å². The van der Waals surface area contributed by atoms with Gasteiger partial charge in [-0.2, -0.15) is 0 Å². The number of phenols is 1. The summed E-state index contributed by atoms with van der Waals surface area (Å²) in [4.78, 5) is 27.6. The first kappa shape index (κ1) is 26.1. The number of hydrogen-bond acceptors (Lipinski definition) is 9. The largest absolute Gasteiger partial charge is 0.508 e. The summed E-state index contributed by atoms with van der Waals surface area (Å²) in [6.45, 7) is 8.42. The van der Waals surface area contributed by atoms with Gasteiger partial charge in [-0.1, -0.05) is 12.6 Å². The zero-order chi connectivity index (χ0) is 26.5. The smallest absolute Gasteiger partial charge is 0.306 e. The second kappa shape index (κ2) is 11.4. The van der Waals surface area contributed by atoms with Crippen molar-refractivity contribution in [3.63, 3.8) is 0 Å². The topological polar surface area (TPSA) is 104 Å². The fraction of sp³-hybridized carbons (Fsp3) is 0.357. The van der Waals surface area contributed by atoms with Gasteiger partial charge in [0.2, 0.25) is 5.78 Å². The lowest BCUT2D eigenvalue weighted by Gasteiger charge is -2.25. The first-order valence-electron chi connectivity index (χ1n) is 12.0. The van der Waals surface area contributed by atoms with Gasteiger partial charge in [0, 0.05) is 30.8 Å². The molecule has 1 fully saturated rings. The maximum atomic E-state index is 13.2. The van der Waals surface area contributed by atoms with Crippen molar-refractivity contribution in [1.29, 1.82) is 0 Å². The number of benzene rings is 2. The molecule has 0 saturated carbocycles. The first-order valence-corrected chi connectivity index (χ1v) is 12.0. The van der Waals surface area contributed by atoms with Crippen molar-refractivity contribution in [2.45, 2.75) is 19.3 Å². The normalized spacial score (nSPS) is 16.7. The molecule has 9 nitrogen and oxygen atoms in total. The molecule has 2 aliphatic rings. The Morgan fingerprint density at radius 1 is 1.19 bits per heavy atom. The fourth-order valence-corrected chi connectivity index (χ4v) is 4.32. The van der Waals surface area contributed by atoms with Crippen LogP contribution in [0.2, 0.25) is 0 Å². The van der Waals surface area contributed by atoms with E-state index < -0.39 is 11.9 Å². The fourth-order valence-electron chi connectivity index (χ4n) is 4.32. The maximum Gasteiger partial charge on any atom is 0.306 e. The molecule has 0 radical (unpaired) electrons. The Morgan fingerprint density at radius 3 is 2.62 bits per heavy atom. The van der Waals surface area contributed by atoms with E-state index in [9.17, 15) is 14.7 Å². The van der Waals surface area contributed by atoms with Crippen LogP contribution >= 0.6 is 0 Å². The van der Waals surface area contributed by atoms with Crippen LogP contribution in [0.15, 0.2) is 54.4 Å². The van der Waals surface area contributed by atoms with E-state index in [2.05, 4.69) is 6.58 Å². The summed E-state index contributed by atoms with van der Waals surface area (Å²) >= 11 is 0. The van der Waals surface area contributed by atoms with Crippen molar-refractivity contribution < 1.29 is 38.4 Å². The number of methoxy groups -OCH3 is 2. The predicted molar refractivity (Wildman–Crippen MR) is 135 cm³/mol. The molecule has 4 rings (SSSR count). The number of fused-ring (bicyclic) bond motifs is 1. The van der Waals surface area contributed by atoms with Gasteiger partial charge in [-0.15, -0.1) is 0 Å². The number of nitrogens with zero attached hydrogens (tertiary/aromatic N) is 1. The zero-order valence-electron chi connectivity index (χ0n) is 21.2. The molecule has 2 heterocycles. The highest BCUT2D eigenvalue weighted by Gasteiger charge is 2.36. The second-order valence-electron chi connectivity index (χ2n) is 8.94. The van der Waals surface area contributed by atoms with Crippen molar-refractivity contribution in [3.8, 4) is 23.0 Å². The Labute approximate surface area is 215 Å². The van der Waals surface area contributed by atoms with Crippen LogP contribution in [0.5, 0.6) is 23.0 Å². The summed E-state index contributed by atoms with van der Waals surface area (Å²) in [5.41, 5.74) is 2.13. The first-order chi connectivity index (χ1) is 17.8. The lowest BCUT2D eigenvalue weighted by atomic mass is 9.86. The van der Waals surface area contributed by atoms with Gasteiger partial charge in [0.05, 0.1) is 39.4 Å². The Hall–Kier alpha value is -3.98. The van der Waals surface area contributed by atoms with Crippen molar-refractivity contribution in [3.05, 3.63) is 71.1 Å². The van der Waals surface area contributed by atoms with Gasteiger partial charge in [0.15, 0.2) is 17.3 Å². The number of phenolic OH excluding ortho intramolecular Hbond substituents is 1. The van der Waals surface area contributed by atoms with E-state index in [0.29, 0.717) is 61.1 Å². The van der Waals surface area contributed by atoms with Gasteiger partial charge in [-0.25, -0.2) is 0 Å². The van der Waals surface area contributed by atoms with Crippen LogP contribution in [0.1, 0.15) is 40.7 Å². The lowest BCUT2D eigenvalue weighted by molar-refractivity contribution is -0.140. The molecular weight excluding hydrogens is 478 g/mol. The van der Waals surface area contributed by atoms with E-state index in [-0.39, 0.29) is 29.5 Å². The molecule has 0 unspecified atom stereocenters. The number of aromatic hydroxyl groups is 1. The van der Waals surface area contributed by atoms with Crippen LogP contribution in [-0.4, -0.2) is 68.9 Å². The lowest BCUT2D eigenvalue weighted by Crippen LogP contribution is -2.32. The maximum absolute atomic E-state index is 13.2. The summed E-state index contributed by atoms with van der Waals surface area (Å²) in [6.07, 6.45) is 1.58. The predicted octanol–water partition coefficient (Wildman–Crippen LogP) is 3.80. The molecule has 37 heavy (non-hydrogen) atoms. The number of ether oxygens (including phenoxy) is 5. The van der Waals surface area contributed by atoms with Crippen LogP contribution in [0.3, 0.4) is 0 Å². The van der Waals surface area contributed by atoms with Crippen LogP contribution in [-0.2, 0) is 14.3 Å². The molecule has 0 aromatic heterocycles. The van der Waals surface area contributed by atoms with E-state index in [1.54, 1.807) is 24.4 Å². The molecule has 2 aromatic rings. The third-order valence-corrected chi connectivity index (χ3v) is 6.21. The number of carbonyl (C=O) groups excluding carboxylic acids is 2. The number of hydrogen-bond donors (Lipinski definition) is 1. The molecule has 9 heteroatoms. The average Bonchev–Trinajstić information content (AvgIpc) is 3.21. The Kier molecular flexibility index (Phi) is 8.03. The van der Waals surface area contributed by atoms with E-state index in [1.165, 1.54) is 26.4 Å². The number of ketones is 1. The van der Waals surface area contributed by atoms with Gasteiger partial charge in [0.1, 0.15) is 18.1 Å². The van der Waals surface area contributed by atoms with Crippen molar-refractivity contribution in [2.75, 3.05) is 47.1 Å². The molecule has 0 bridgehead atoms. The quantitative estimate of drug-likeness (QED) is 0.307. The third-order valence-electron chi connectivity index (χ3n) is 6.21. The Morgan fingerprint density at radius 2 is 1.95 bits per heavy atom. The number of Topliss-reactive ketones (excluding diaryl/α,β-unsaturated/α-hetero) is 1. The van der Waals surface area contributed by atoms with Crippen molar-refractivity contribution >= 4 is 11.8 Å². The summed E-state index contributed by atoms with van der Waals surface area (Å²) < 4.78 is 27.7. The van der Waals surface area contributed by atoms with Crippen LogP contribution < -0.4 is 14.2 Å². The Balaban J connectivity index is 1.76. The van der Waals surface area contributed by atoms with Gasteiger partial charge in [0.25, 0.3) is 0 Å². The van der Waals surface area contributed by atoms with E-state index in [4.69, 9.17) is 23.7 Å². The number of carbonyl (C=O) groups is 2. The molecule has 2 aliphatic heterocycles. The number of rotatable bonds is 9. The summed E-state index contributed by atoms with van der Waals surface area (Å²) in [5, 5.41) is 11.0. The molecule has 0 amide bonds. The number of morpholine rings is 1. The van der Waals surface area contributed by atoms with Gasteiger partial charge < -0.3 is 33.7 Å². The minimum Gasteiger partial charge on any atom is -0.508 e. The number of allylic oxidation sites excluding steroid dienone is 1. The zero-order valence-corrected chi connectivity index (χ0v) is 21.2. The average molecular weight is 510 g/mol. The SMILES string of the molecule is C=C(C)COc1ccc([C@H](CC(=O)OC)c2c(O)ccc3c2O/C(=C\N2CCOCC2)C3=O)cc1OC. The van der Waals surface area contributed by atoms with Gasteiger partial charge >= 0.3 is 5.97 Å². The summed E-state index contributed by atoms with van der Waals surface area (Å²) in [5.74, 6) is -0.239. The molecule has 0 spiro atoms. The highest BCUT2D eigenvalue weighted by molar-refractivity contribution is 6.12. The highest BCUT2D eigenvalue weighted by atomic mass is 16.5. The minimum atomic E-state index is -0.693.